The first-order chi connectivity index (χ1) is 7.77. The molecule has 0 aliphatic carbocycles. The zero-order valence-corrected chi connectivity index (χ0v) is 15.7. The van der Waals surface area contributed by atoms with Crippen molar-refractivity contribution in [3.63, 3.8) is 0 Å². The van der Waals surface area contributed by atoms with E-state index in [2.05, 4.69) is 0 Å². The van der Waals surface area contributed by atoms with Crippen LogP contribution in [0, 0.1) is 22.7 Å². The molecule has 0 aliphatic heterocycles. The molecule has 0 rings (SSSR count). The largest absolute Gasteiger partial charge is 2.00 e. The van der Waals surface area contributed by atoms with Crippen LogP contribution in [0.15, 0.2) is 0 Å². The molecular weight excluding hydrogens is 272 g/mol. The van der Waals surface area contributed by atoms with E-state index in [0.29, 0.717) is 0 Å². The van der Waals surface area contributed by atoms with Gasteiger partial charge >= 0.3 is 37.7 Å². The van der Waals surface area contributed by atoms with Crippen LogP contribution >= 0.6 is 0 Å². The first-order valence-corrected chi connectivity index (χ1v) is 6.20. The summed E-state index contributed by atoms with van der Waals surface area (Å²) in [7, 11) is 0. The summed E-state index contributed by atoms with van der Waals surface area (Å²) in [6.07, 6.45) is 0. The van der Waals surface area contributed by atoms with Gasteiger partial charge in [-0.1, -0.05) is 55.4 Å². The number of carboxylic acid groups (broad SMARTS) is 2. The van der Waals surface area contributed by atoms with E-state index in [1.807, 2.05) is 27.7 Å². The normalized spacial score (nSPS) is 11.5. The van der Waals surface area contributed by atoms with Crippen LogP contribution in [0.4, 0.5) is 0 Å². The minimum absolute atomic E-state index is 0. The summed E-state index contributed by atoms with van der Waals surface area (Å²) in [5, 5.41) is 20.7. The second-order valence-electron chi connectivity index (χ2n) is 6.33. The maximum absolute atomic E-state index is 10.4. The van der Waals surface area contributed by atoms with Crippen LogP contribution in [0.2, 0.25) is 0 Å². The molecule has 0 saturated carbocycles. The SMILES string of the molecule is CC(C)C(C)(C)C(=O)[O-].CC(C)C(C)(C)C(=O)[O-].[Ca+2]. The van der Waals surface area contributed by atoms with Crippen molar-refractivity contribution in [1.29, 1.82) is 0 Å². The van der Waals surface area contributed by atoms with E-state index >= 15 is 0 Å². The van der Waals surface area contributed by atoms with Gasteiger partial charge in [0.05, 0.1) is 0 Å². The molecular formula is C14H26CaO4. The van der Waals surface area contributed by atoms with E-state index in [9.17, 15) is 19.8 Å². The molecule has 0 amide bonds. The van der Waals surface area contributed by atoms with Crippen LogP contribution < -0.4 is 10.2 Å². The summed E-state index contributed by atoms with van der Waals surface area (Å²) in [6.45, 7) is 14.2. The van der Waals surface area contributed by atoms with Gasteiger partial charge < -0.3 is 19.8 Å². The van der Waals surface area contributed by atoms with Crippen LogP contribution in [-0.2, 0) is 9.59 Å². The number of hydrogen-bond donors (Lipinski definition) is 0. The van der Waals surface area contributed by atoms with Gasteiger partial charge in [0, 0.05) is 22.8 Å². The topological polar surface area (TPSA) is 80.3 Å². The summed E-state index contributed by atoms with van der Waals surface area (Å²) in [6, 6.07) is 0. The van der Waals surface area contributed by atoms with Crippen LogP contribution in [0.5, 0.6) is 0 Å². The predicted octanol–water partition coefficient (Wildman–Crippen LogP) is 0.456. The number of aliphatic carboxylic acids is 2. The average Bonchev–Trinajstić information content (AvgIpc) is 2.17. The summed E-state index contributed by atoms with van der Waals surface area (Å²) >= 11 is 0. The van der Waals surface area contributed by atoms with Gasteiger partial charge in [0.15, 0.2) is 0 Å². The fraction of sp³-hybridized carbons (Fsp3) is 0.857. The molecule has 0 aromatic carbocycles. The fourth-order valence-corrected chi connectivity index (χ4v) is 0.471. The van der Waals surface area contributed by atoms with Crippen molar-refractivity contribution in [3.8, 4) is 0 Å². The van der Waals surface area contributed by atoms with Crippen LogP contribution in [0.3, 0.4) is 0 Å². The van der Waals surface area contributed by atoms with Gasteiger partial charge in [0.1, 0.15) is 0 Å². The third-order valence-electron chi connectivity index (χ3n) is 3.94. The van der Waals surface area contributed by atoms with E-state index in [1.165, 1.54) is 0 Å². The second kappa shape index (κ2) is 9.19. The Labute approximate surface area is 147 Å². The Hall–Kier alpha value is 0.200. The van der Waals surface area contributed by atoms with Gasteiger partial charge in [0.2, 0.25) is 0 Å². The molecule has 0 atom stereocenters. The first kappa shape index (κ1) is 24.2. The van der Waals surface area contributed by atoms with Crippen molar-refractivity contribution in [2.75, 3.05) is 0 Å². The summed E-state index contributed by atoms with van der Waals surface area (Å²) in [4.78, 5) is 20.7. The predicted molar refractivity (Wildman–Crippen MR) is 73.0 cm³/mol. The molecule has 5 heteroatoms. The van der Waals surface area contributed by atoms with Crippen molar-refractivity contribution < 1.29 is 19.8 Å². The third kappa shape index (κ3) is 8.16. The van der Waals surface area contributed by atoms with Gasteiger partial charge in [-0.05, 0) is 11.8 Å². The van der Waals surface area contributed by atoms with Gasteiger partial charge in [-0.2, -0.15) is 0 Å². The molecule has 0 saturated heterocycles. The van der Waals surface area contributed by atoms with E-state index in [0.717, 1.165) is 0 Å². The molecule has 0 heterocycles. The summed E-state index contributed by atoms with van der Waals surface area (Å²) in [5.74, 6) is -1.69. The summed E-state index contributed by atoms with van der Waals surface area (Å²) < 4.78 is 0. The number of rotatable bonds is 4. The van der Waals surface area contributed by atoms with Gasteiger partial charge in [-0.15, -0.1) is 0 Å². The van der Waals surface area contributed by atoms with Gasteiger partial charge in [0.25, 0.3) is 0 Å². The molecule has 0 spiro atoms. The Morgan fingerprint density at radius 3 is 0.895 bits per heavy atom. The Morgan fingerprint density at radius 1 is 0.737 bits per heavy atom. The Morgan fingerprint density at radius 2 is 0.895 bits per heavy atom. The zero-order chi connectivity index (χ0) is 15.3. The quantitative estimate of drug-likeness (QED) is 0.706. The second-order valence-corrected chi connectivity index (χ2v) is 6.33. The summed E-state index contributed by atoms with van der Waals surface area (Å²) in [5.41, 5.74) is -1.39. The number of carboxylic acids is 2. The molecule has 19 heavy (non-hydrogen) atoms. The van der Waals surface area contributed by atoms with Crippen molar-refractivity contribution >= 4 is 49.7 Å². The van der Waals surface area contributed by atoms with Crippen molar-refractivity contribution in [2.24, 2.45) is 22.7 Å². The minimum atomic E-state index is -0.975. The molecule has 0 bridgehead atoms. The Kier molecular flexibility index (Phi) is 11.7. The smallest absolute Gasteiger partial charge is 0.550 e. The standard InChI is InChI=1S/2C7H14O2.Ca/c2*1-5(2)7(3,4)6(8)9;/h2*5H,1-4H3,(H,8,9);/q;;+2/p-2. The molecule has 108 valence electrons. The fourth-order valence-electron chi connectivity index (χ4n) is 0.471. The molecule has 0 N–H and O–H groups in total. The molecule has 0 unspecified atom stereocenters. The molecule has 0 aromatic heterocycles. The first-order valence-electron chi connectivity index (χ1n) is 6.20. The van der Waals surface area contributed by atoms with Crippen LogP contribution in [-0.4, -0.2) is 49.7 Å². The third-order valence-corrected chi connectivity index (χ3v) is 3.94. The van der Waals surface area contributed by atoms with Crippen molar-refractivity contribution in [3.05, 3.63) is 0 Å². The van der Waals surface area contributed by atoms with Gasteiger partial charge in [-0.25, -0.2) is 0 Å². The zero-order valence-electron chi connectivity index (χ0n) is 13.5. The van der Waals surface area contributed by atoms with E-state index in [4.69, 9.17) is 0 Å². The monoisotopic (exact) mass is 298 g/mol. The molecule has 4 nitrogen and oxygen atoms in total. The molecule has 0 radical (unpaired) electrons. The number of carbonyl (C=O) groups is 2. The molecule has 0 aliphatic rings. The van der Waals surface area contributed by atoms with Crippen molar-refractivity contribution in [2.45, 2.75) is 55.4 Å². The number of carbonyl (C=O) groups excluding carboxylic acids is 2. The number of hydrogen-bond acceptors (Lipinski definition) is 4. The molecule has 0 fully saturated rings. The van der Waals surface area contributed by atoms with E-state index in [1.54, 1.807) is 27.7 Å². The van der Waals surface area contributed by atoms with Crippen LogP contribution in [0.1, 0.15) is 55.4 Å². The van der Waals surface area contributed by atoms with E-state index < -0.39 is 22.8 Å². The van der Waals surface area contributed by atoms with Crippen LogP contribution in [0.25, 0.3) is 0 Å². The molecule has 0 aromatic rings. The Bertz CT molecular complexity index is 264. The van der Waals surface area contributed by atoms with Crippen molar-refractivity contribution in [1.82, 2.24) is 0 Å². The minimum Gasteiger partial charge on any atom is -0.550 e. The van der Waals surface area contributed by atoms with Gasteiger partial charge in [-0.3, -0.25) is 0 Å². The average molecular weight is 298 g/mol. The maximum Gasteiger partial charge on any atom is 2.00 e. The Balaban J connectivity index is -0.000000256. The maximum atomic E-state index is 10.4. The van der Waals surface area contributed by atoms with E-state index in [-0.39, 0.29) is 49.6 Å².